The minimum absolute atomic E-state index is 0.350. The second-order valence-electron chi connectivity index (χ2n) is 4.27. The van der Waals surface area contributed by atoms with Gasteiger partial charge in [-0.15, -0.1) is 11.3 Å². The Morgan fingerprint density at radius 2 is 2.14 bits per heavy atom. The Morgan fingerprint density at radius 3 is 2.71 bits per heavy atom. The lowest BCUT2D eigenvalue weighted by atomic mass is 10.1. The van der Waals surface area contributed by atoms with Crippen LogP contribution in [0.2, 0.25) is 0 Å². The number of amides is 1. The molecule has 0 spiro atoms. The summed E-state index contributed by atoms with van der Waals surface area (Å²) in [7, 11) is 3.02. The highest BCUT2D eigenvalue weighted by atomic mass is 32.1. The van der Waals surface area contributed by atoms with E-state index in [1.165, 1.54) is 25.6 Å². The van der Waals surface area contributed by atoms with Crippen LogP contribution in [0.3, 0.4) is 0 Å². The molecule has 0 bridgehead atoms. The first-order chi connectivity index (χ1) is 10.0. The molecule has 0 aliphatic carbocycles. The summed E-state index contributed by atoms with van der Waals surface area (Å²) in [5, 5.41) is 14.2. The third-order valence-corrected chi connectivity index (χ3v) is 3.60. The molecule has 0 fully saturated rings. The summed E-state index contributed by atoms with van der Waals surface area (Å²) in [4.78, 5) is 16.4. The quantitative estimate of drug-likeness (QED) is 0.887. The summed E-state index contributed by atoms with van der Waals surface area (Å²) in [6.07, 6.45) is -0.668. The molecule has 1 atom stereocenters. The predicted octanol–water partition coefficient (Wildman–Crippen LogP) is 2.47. The number of hydrogen-bond acceptors (Lipinski definition) is 6. The number of aliphatic hydroxyl groups is 1. The minimum Gasteiger partial charge on any atom is -0.497 e. The number of hydrogen-bond donors (Lipinski definition) is 2. The Morgan fingerprint density at radius 1 is 1.38 bits per heavy atom. The summed E-state index contributed by atoms with van der Waals surface area (Å²) in [6, 6.07) is 4.97. The van der Waals surface area contributed by atoms with Crippen molar-refractivity contribution in [3.05, 3.63) is 34.8 Å². The maximum absolute atomic E-state index is 12.3. The lowest BCUT2D eigenvalue weighted by Crippen LogP contribution is -2.13. The molecule has 0 aliphatic rings. The molecule has 0 radical (unpaired) electrons. The van der Waals surface area contributed by atoms with Gasteiger partial charge in [0.25, 0.3) is 5.91 Å². The summed E-state index contributed by atoms with van der Waals surface area (Å²) in [5.41, 5.74) is 0.874. The molecule has 0 saturated carbocycles. The van der Waals surface area contributed by atoms with Crippen LogP contribution in [0.1, 0.15) is 29.1 Å². The first kappa shape index (κ1) is 15.3. The van der Waals surface area contributed by atoms with Crippen LogP contribution in [-0.2, 0) is 0 Å². The van der Waals surface area contributed by atoms with Gasteiger partial charge in [-0.2, -0.15) is 0 Å². The number of thiazole rings is 1. The Kier molecular flexibility index (Phi) is 4.77. The lowest BCUT2D eigenvalue weighted by Gasteiger charge is -2.09. The smallest absolute Gasteiger partial charge is 0.261 e. The summed E-state index contributed by atoms with van der Waals surface area (Å²) < 4.78 is 10.3. The molecule has 0 saturated heterocycles. The van der Waals surface area contributed by atoms with Gasteiger partial charge in [0.05, 0.1) is 31.6 Å². The molecular formula is C14H16N2O4S. The van der Waals surface area contributed by atoms with Gasteiger partial charge in [0.1, 0.15) is 11.5 Å². The van der Waals surface area contributed by atoms with Crippen LogP contribution in [0.15, 0.2) is 23.6 Å². The van der Waals surface area contributed by atoms with E-state index in [1.807, 2.05) is 0 Å². The maximum atomic E-state index is 12.3. The highest BCUT2D eigenvalue weighted by Crippen LogP contribution is 2.26. The number of anilines is 1. The SMILES string of the molecule is COc1ccc(OC)c(C(=O)Nc2nc(C(C)O)cs2)c1. The highest BCUT2D eigenvalue weighted by molar-refractivity contribution is 7.14. The number of ether oxygens (including phenoxy) is 2. The first-order valence-electron chi connectivity index (χ1n) is 6.22. The van der Waals surface area contributed by atoms with E-state index in [1.54, 1.807) is 30.5 Å². The van der Waals surface area contributed by atoms with Gasteiger partial charge in [-0.25, -0.2) is 4.98 Å². The van der Waals surface area contributed by atoms with Crippen molar-refractivity contribution in [2.45, 2.75) is 13.0 Å². The third-order valence-electron chi connectivity index (χ3n) is 2.82. The summed E-state index contributed by atoms with van der Waals surface area (Å²) in [6.45, 7) is 1.62. The molecule has 1 heterocycles. The van der Waals surface area contributed by atoms with Gasteiger partial charge in [-0.1, -0.05) is 0 Å². The van der Waals surface area contributed by atoms with Gasteiger partial charge in [-0.05, 0) is 25.1 Å². The Labute approximate surface area is 126 Å². The fourth-order valence-corrected chi connectivity index (χ4v) is 2.48. The highest BCUT2D eigenvalue weighted by Gasteiger charge is 2.16. The number of benzene rings is 1. The Balaban J connectivity index is 2.22. The average molecular weight is 308 g/mol. The minimum atomic E-state index is -0.668. The zero-order chi connectivity index (χ0) is 15.4. The van der Waals surface area contributed by atoms with E-state index in [0.717, 1.165) is 0 Å². The topological polar surface area (TPSA) is 80.7 Å². The zero-order valence-corrected chi connectivity index (χ0v) is 12.7. The van der Waals surface area contributed by atoms with Gasteiger partial charge >= 0.3 is 0 Å². The number of rotatable bonds is 5. The molecule has 1 aromatic carbocycles. The number of aliphatic hydroxyl groups excluding tert-OH is 1. The molecule has 6 nitrogen and oxygen atoms in total. The number of methoxy groups -OCH3 is 2. The van der Waals surface area contributed by atoms with Crippen molar-refractivity contribution in [3.8, 4) is 11.5 Å². The van der Waals surface area contributed by atoms with Crippen LogP contribution >= 0.6 is 11.3 Å². The molecule has 2 aromatic rings. The van der Waals surface area contributed by atoms with E-state index < -0.39 is 6.10 Å². The standard InChI is InChI=1S/C14H16N2O4S/c1-8(17)11-7-21-14(15-11)16-13(18)10-6-9(19-2)4-5-12(10)20-3/h4-8,17H,1-3H3,(H,15,16,18). The number of nitrogens with zero attached hydrogens (tertiary/aromatic N) is 1. The number of aromatic nitrogens is 1. The molecule has 112 valence electrons. The number of carbonyl (C=O) groups is 1. The van der Waals surface area contributed by atoms with Crippen LogP contribution < -0.4 is 14.8 Å². The summed E-state index contributed by atoms with van der Waals surface area (Å²) in [5.74, 6) is 0.655. The van der Waals surface area contributed by atoms with Crippen molar-refractivity contribution in [2.24, 2.45) is 0 Å². The van der Waals surface area contributed by atoms with Gasteiger partial charge in [0.15, 0.2) is 5.13 Å². The van der Waals surface area contributed by atoms with Gasteiger partial charge in [0, 0.05) is 5.38 Å². The number of carbonyl (C=O) groups excluding carboxylic acids is 1. The van der Waals surface area contributed by atoms with Gasteiger partial charge < -0.3 is 14.6 Å². The third kappa shape index (κ3) is 3.50. The lowest BCUT2D eigenvalue weighted by molar-refractivity contribution is 0.102. The fourth-order valence-electron chi connectivity index (χ4n) is 1.69. The second-order valence-corrected chi connectivity index (χ2v) is 5.13. The molecular weight excluding hydrogens is 292 g/mol. The maximum Gasteiger partial charge on any atom is 0.261 e. The van der Waals surface area contributed by atoms with E-state index in [0.29, 0.717) is 27.9 Å². The van der Waals surface area contributed by atoms with Crippen LogP contribution in [0.25, 0.3) is 0 Å². The normalized spacial score (nSPS) is 11.8. The van der Waals surface area contributed by atoms with Gasteiger partial charge in [-0.3, -0.25) is 10.1 Å². The van der Waals surface area contributed by atoms with Gasteiger partial charge in [0.2, 0.25) is 0 Å². The van der Waals surface area contributed by atoms with E-state index in [-0.39, 0.29) is 5.91 Å². The van der Waals surface area contributed by atoms with Crippen molar-refractivity contribution in [2.75, 3.05) is 19.5 Å². The van der Waals surface area contributed by atoms with Crippen molar-refractivity contribution in [1.82, 2.24) is 4.98 Å². The monoisotopic (exact) mass is 308 g/mol. The van der Waals surface area contributed by atoms with Crippen LogP contribution in [0.5, 0.6) is 11.5 Å². The predicted molar refractivity (Wildman–Crippen MR) is 80.2 cm³/mol. The largest absolute Gasteiger partial charge is 0.497 e. The molecule has 7 heteroatoms. The van der Waals surface area contributed by atoms with E-state index in [2.05, 4.69) is 10.3 Å². The van der Waals surface area contributed by atoms with Crippen molar-refractivity contribution >= 4 is 22.4 Å². The van der Waals surface area contributed by atoms with Crippen molar-refractivity contribution in [1.29, 1.82) is 0 Å². The zero-order valence-electron chi connectivity index (χ0n) is 11.9. The Bertz CT molecular complexity index is 640. The van der Waals surface area contributed by atoms with Crippen LogP contribution in [0, 0.1) is 0 Å². The molecule has 2 rings (SSSR count). The van der Waals surface area contributed by atoms with Crippen molar-refractivity contribution < 1.29 is 19.4 Å². The van der Waals surface area contributed by atoms with E-state index in [9.17, 15) is 9.90 Å². The molecule has 1 unspecified atom stereocenters. The van der Waals surface area contributed by atoms with E-state index >= 15 is 0 Å². The van der Waals surface area contributed by atoms with Crippen LogP contribution in [0.4, 0.5) is 5.13 Å². The van der Waals surface area contributed by atoms with Crippen molar-refractivity contribution in [3.63, 3.8) is 0 Å². The molecule has 1 aromatic heterocycles. The second kappa shape index (κ2) is 6.55. The van der Waals surface area contributed by atoms with E-state index in [4.69, 9.17) is 9.47 Å². The first-order valence-corrected chi connectivity index (χ1v) is 7.10. The molecule has 21 heavy (non-hydrogen) atoms. The van der Waals surface area contributed by atoms with Crippen LogP contribution in [-0.4, -0.2) is 30.2 Å². The Hall–Kier alpha value is -2.12. The molecule has 2 N–H and O–H groups in total. The fraction of sp³-hybridized carbons (Fsp3) is 0.286. The molecule has 0 aliphatic heterocycles. The molecule has 1 amide bonds. The number of nitrogens with one attached hydrogen (secondary N) is 1. The summed E-state index contributed by atoms with van der Waals surface area (Å²) >= 11 is 1.25. The average Bonchev–Trinajstić information content (AvgIpc) is 2.95.